The van der Waals surface area contributed by atoms with Gasteiger partial charge >= 0.3 is 5.97 Å². The zero-order valence-electron chi connectivity index (χ0n) is 26.4. The van der Waals surface area contributed by atoms with E-state index in [0.29, 0.717) is 23.1 Å². The van der Waals surface area contributed by atoms with E-state index in [2.05, 4.69) is 34.9 Å². The molecule has 1 aliphatic carbocycles. The predicted octanol–water partition coefficient (Wildman–Crippen LogP) is 8.63. The number of fused-ring (bicyclic) bond motifs is 1. The summed E-state index contributed by atoms with van der Waals surface area (Å²) < 4.78 is 8.94. The fraction of sp³-hybridized carbons (Fsp3) is 0.200. The minimum atomic E-state index is -0.353. The lowest BCUT2D eigenvalue weighted by molar-refractivity contribution is 0.0526. The van der Waals surface area contributed by atoms with E-state index in [1.165, 1.54) is 11.1 Å². The number of para-hydroxylation sites is 1. The van der Waals surface area contributed by atoms with Crippen LogP contribution in [-0.2, 0) is 4.74 Å². The third kappa shape index (κ3) is 6.04. The molecule has 0 bridgehead atoms. The smallest absolute Gasteiger partial charge is 0.338 e. The Bertz CT molecular complexity index is 2110. The van der Waals surface area contributed by atoms with Gasteiger partial charge in [-0.05, 0) is 73.4 Å². The molecule has 7 nitrogen and oxygen atoms in total. The number of hydrogen-bond acceptors (Lipinski definition) is 5. The van der Waals surface area contributed by atoms with Crippen molar-refractivity contribution in [3.05, 3.63) is 143 Å². The first-order chi connectivity index (χ1) is 23.1. The molecule has 0 N–H and O–H groups in total. The van der Waals surface area contributed by atoms with Gasteiger partial charge in [-0.25, -0.2) is 9.78 Å². The van der Waals surface area contributed by atoms with Gasteiger partial charge in [0.15, 0.2) is 0 Å². The number of aromatic nitrogens is 3. The second-order valence-corrected chi connectivity index (χ2v) is 11.9. The molecular formula is C40H36N4O3. The van der Waals surface area contributed by atoms with Crippen LogP contribution in [0.4, 0.5) is 0 Å². The zero-order valence-corrected chi connectivity index (χ0v) is 26.4. The number of benzene rings is 4. The van der Waals surface area contributed by atoms with Gasteiger partial charge in [-0.3, -0.25) is 4.79 Å². The molecule has 2 aromatic heterocycles. The molecule has 0 unspecified atom stereocenters. The summed E-state index contributed by atoms with van der Waals surface area (Å²) in [5, 5.41) is 5.48. The Labute approximate surface area is 273 Å². The molecule has 6 aromatic rings. The minimum Gasteiger partial charge on any atom is -0.462 e. The largest absolute Gasteiger partial charge is 0.462 e. The normalized spacial score (nSPS) is 13.7. The Kier molecular flexibility index (Phi) is 8.60. The molecule has 0 spiro atoms. The fourth-order valence-corrected chi connectivity index (χ4v) is 6.57. The Balaban J connectivity index is 1.44. The lowest BCUT2D eigenvalue weighted by atomic mass is 9.88. The van der Waals surface area contributed by atoms with Crippen LogP contribution in [0.5, 0.6) is 0 Å². The van der Waals surface area contributed by atoms with Gasteiger partial charge in [-0.15, -0.1) is 0 Å². The SMILES string of the molecule is CCOC(=O)c1ccc(-n2c(-c3ccccc3)cc(C=Nn3c(C4CCCCC4)nc4ccccc4c3=O)c2-c2ccccc2)cc1. The molecule has 2 heterocycles. The molecule has 1 saturated carbocycles. The quantitative estimate of drug-likeness (QED) is 0.126. The molecule has 0 saturated heterocycles. The van der Waals surface area contributed by atoms with Crippen LogP contribution >= 0.6 is 0 Å². The van der Waals surface area contributed by atoms with Crippen molar-refractivity contribution < 1.29 is 9.53 Å². The maximum absolute atomic E-state index is 14.0. The Hall–Kier alpha value is -5.56. The second kappa shape index (κ2) is 13.4. The van der Waals surface area contributed by atoms with Gasteiger partial charge in [0.2, 0.25) is 0 Å². The van der Waals surface area contributed by atoms with Gasteiger partial charge < -0.3 is 9.30 Å². The molecule has 1 aliphatic rings. The molecule has 7 heteroatoms. The fourth-order valence-electron chi connectivity index (χ4n) is 6.57. The lowest BCUT2D eigenvalue weighted by Gasteiger charge is -2.22. The van der Waals surface area contributed by atoms with E-state index in [0.717, 1.165) is 65.3 Å². The molecule has 7 rings (SSSR count). The number of rotatable bonds is 8. The topological polar surface area (TPSA) is 78.5 Å². The Morgan fingerprint density at radius 2 is 1.51 bits per heavy atom. The molecule has 234 valence electrons. The summed E-state index contributed by atoms with van der Waals surface area (Å²) in [4.78, 5) is 31.5. The van der Waals surface area contributed by atoms with Gasteiger partial charge in [0.25, 0.3) is 5.56 Å². The van der Waals surface area contributed by atoms with E-state index in [1.54, 1.807) is 25.3 Å². The maximum Gasteiger partial charge on any atom is 0.338 e. The highest BCUT2D eigenvalue weighted by Gasteiger charge is 2.23. The van der Waals surface area contributed by atoms with Crippen LogP contribution in [0.3, 0.4) is 0 Å². The number of ether oxygens (including phenoxy) is 1. The highest BCUT2D eigenvalue weighted by molar-refractivity contribution is 5.94. The molecule has 0 atom stereocenters. The van der Waals surface area contributed by atoms with Crippen LogP contribution < -0.4 is 5.56 Å². The van der Waals surface area contributed by atoms with E-state index < -0.39 is 0 Å². The third-order valence-corrected chi connectivity index (χ3v) is 8.85. The summed E-state index contributed by atoms with van der Waals surface area (Å²) in [5.74, 6) is 0.548. The average molecular weight is 621 g/mol. The molecule has 0 radical (unpaired) electrons. The highest BCUT2D eigenvalue weighted by Crippen LogP contribution is 2.36. The monoisotopic (exact) mass is 620 g/mol. The summed E-state index contributed by atoms with van der Waals surface area (Å²) in [6.07, 6.45) is 7.22. The van der Waals surface area contributed by atoms with Crippen molar-refractivity contribution in [2.75, 3.05) is 6.61 Å². The van der Waals surface area contributed by atoms with Gasteiger partial charge in [-0.2, -0.15) is 9.78 Å². The van der Waals surface area contributed by atoms with Gasteiger partial charge in [0, 0.05) is 17.2 Å². The first kappa shape index (κ1) is 30.1. The first-order valence-electron chi connectivity index (χ1n) is 16.3. The van der Waals surface area contributed by atoms with E-state index in [4.69, 9.17) is 14.8 Å². The van der Waals surface area contributed by atoms with E-state index >= 15 is 0 Å². The number of nitrogens with zero attached hydrogens (tertiary/aromatic N) is 4. The van der Waals surface area contributed by atoms with Gasteiger partial charge in [0.1, 0.15) is 5.82 Å². The summed E-state index contributed by atoms with van der Waals surface area (Å²) in [6, 6.07) is 37.4. The Morgan fingerprint density at radius 3 is 2.21 bits per heavy atom. The number of carbonyl (C=O) groups excluding carboxylic acids is 1. The van der Waals surface area contributed by atoms with Crippen LogP contribution in [0, 0.1) is 0 Å². The molecule has 1 fully saturated rings. The van der Waals surface area contributed by atoms with Crippen LogP contribution in [-0.4, -0.2) is 33.0 Å². The first-order valence-corrected chi connectivity index (χ1v) is 16.3. The highest BCUT2D eigenvalue weighted by atomic mass is 16.5. The molecule has 0 aliphatic heterocycles. The average Bonchev–Trinajstić information content (AvgIpc) is 3.52. The zero-order chi connectivity index (χ0) is 32.2. The van der Waals surface area contributed by atoms with E-state index in [-0.39, 0.29) is 17.4 Å². The van der Waals surface area contributed by atoms with Crippen LogP contribution in [0.1, 0.15) is 66.7 Å². The summed E-state index contributed by atoms with van der Waals surface area (Å²) in [6.45, 7) is 2.11. The molecule has 4 aromatic carbocycles. The van der Waals surface area contributed by atoms with Crippen LogP contribution in [0.2, 0.25) is 0 Å². The summed E-state index contributed by atoms with van der Waals surface area (Å²) in [7, 11) is 0. The van der Waals surface area contributed by atoms with Crippen molar-refractivity contribution in [3.63, 3.8) is 0 Å². The number of carbonyl (C=O) groups is 1. The number of hydrogen-bond donors (Lipinski definition) is 0. The number of esters is 1. The van der Waals surface area contributed by atoms with Crippen molar-refractivity contribution >= 4 is 23.1 Å². The van der Waals surface area contributed by atoms with Crippen molar-refractivity contribution in [3.8, 4) is 28.2 Å². The molecule has 0 amide bonds. The molecule has 47 heavy (non-hydrogen) atoms. The third-order valence-electron chi connectivity index (χ3n) is 8.85. The summed E-state index contributed by atoms with van der Waals surface area (Å²) >= 11 is 0. The Morgan fingerprint density at radius 1 is 0.851 bits per heavy atom. The molecular weight excluding hydrogens is 584 g/mol. The van der Waals surface area contributed by atoms with Gasteiger partial charge in [-0.1, -0.05) is 92.1 Å². The van der Waals surface area contributed by atoms with Crippen molar-refractivity contribution in [2.24, 2.45) is 5.10 Å². The summed E-state index contributed by atoms with van der Waals surface area (Å²) in [5.41, 5.74) is 6.63. The van der Waals surface area contributed by atoms with Crippen molar-refractivity contribution in [1.29, 1.82) is 0 Å². The van der Waals surface area contributed by atoms with Crippen molar-refractivity contribution in [1.82, 2.24) is 14.2 Å². The lowest BCUT2D eigenvalue weighted by Crippen LogP contribution is -2.25. The van der Waals surface area contributed by atoms with E-state index in [9.17, 15) is 9.59 Å². The standard InChI is InChI=1S/C40H36N4O3/c1-2-47-40(46)31-22-24-33(25-23-31)43-36(28-14-6-3-7-15-28)26-32(37(43)29-16-8-4-9-17-29)27-41-44-38(30-18-10-5-11-19-30)42-35-21-13-12-20-34(35)39(44)45/h3-4,6-9,12-17,20-27,30H,2,5,10-11,18-19H2,1H3. The van der Waals surface area contributed by atoms with Crippen LogP contribution in [0.25, 0.3) is 39.1 Å². The predicted molar refractivity (Wildman–Crippen MR) is 187 cm³/mol. The van der Waals surface area contributed by atoms with Crippen LogP contribution in [0.15, 0.2) is 125 Å². The van der Waals surface area contributed by atoms with Crippen molar-refractivity contribution in [2.45, 2.75) is 44.9 Å². The van der Waals surface area contributed by atoms with E-state index in [1.807, 2.05) is 72.8 Å². The van der Waals surface area contributed by atoms with Gasteiger partial charge in [0.05, 0.1) is 40.7 Å². The minimum absolute atomic E-state index is 0.161. The maximum atomic E-state index is 14.0. The second-order valence-electron chi connectivity index (χ2n) is 11.9.